The fourth-order valence-electron chi connectivity index (χ4n) is 3.45. The Bertz CT molecular complexity index is 1400. The van der Waals surface area contributed by atoms with E-state index in [1.54, 1.807) is 17.8 Å². The van der Waals surface area contributed by atoms with Gasteiger partial charge in [0.05, 0.1) is 19.4 Å². The number of fused-ring (bicyclic) bond motifs is 1. The first kappa shape index (κ1) is 21.1. The van der Waals surface area contributed by atoms with Crippen molar-refractivity contribution >= 4 is 23.3 Å². The number of benzene rings is 2. The molecule has 0 fully saturated rings. The lowest BCUT2D eigenvalue weighted by molar-refractivity contribution is 0.340. The maximum atomic E-state index is 12.6. The molecule has 0 bridgehead atoms. The van der Waals surface area contributed by atoms with Gasteiger partial charge in [-0.25, -0.2) is 10.2 Å². The lowest BCUT2D eigenvalue weighted by Crippen LogP contribution is -2.29. The van der Waals surface area contributed by atoms with Crippen LogP contribution >= 0.6 is 0 Å². The summed E-state index contributed by atoms with van der Waals surface area (Å²) in [6, 6.07) is 15.5. The molecule has 2 aromatic carbocycles. The third-order valence-electron chi connectivity index (χ3n) is 5.00. The number of nitrogens with zero attached hydrogens (tertiary/aromatic N) is 4. The van der Waals surface area contributed by atoms with Gasteiger partial charge in [0.15, 0.2) is 11.2 Å². The van der Waals surface area contributed by atoms with E-state index in [0.29, 0.717) is 24.6 Å². The van der Waals surface area contributed by atoms with Gasteiger partial charge in [0, 0.05) is 7.05 Å². The number of hydrazone groups is 1. The Morgan fingerprint density at radius 2 is 1.97 bits per heavy atom. The molecule has 0 aliphatic rings. The molecule has 32 heavy (non-hydrogen) atoms. The van der Waals surface area contributed by atoms with Gasteiger partial charge in [-0.15, -0.1) is 0 Å². The van der Waals surface area contributed by atoms with Gasteiger partial charge in [0.25, 0.3) is 5.56 Å². The monoisotopic (exact) mass is 432 g/mol. The number of hydrogen-bond acceptors (Lipinski definition) is 6. The van der Waals surface area contributed by atoms with E-state index >= 15 is 0 Å². The molecule has 2 N–H and O–H groups in total. The number of rotatable bonds is 7. The molecule has 2 heterocycles. The van der Waals surface area contributed by atoms with Crippen molar-refractivity contribution in [3.05, 3.63) is 86.1 Å². The number of H-pyrrole nitrogens is 1. The Morgan fingerprint density at radius 3 is 2.69 bits per heavy atom. The topological polar surface area (TPSA) is 106 Å². The lowest BCUT2D eigenvalue weighted by atomic mass is 10.1. The number of imidazole rings is 1. The van der Waals surface area contributed by atoms with Crippen LogP contribution in [0.25, 0.3) is 11.2 Å². The number of anilines is 1. The third-order valence-corrected chi connectivity index (χ3v) is 5.00. The Balaban J connectivity index is 1.71. The molecule has 9 nitrogen and oxygen atoms in total. The van der Waals surface area contributed by atoms with Crippen molar-refractivity contribution < 1.29 is 4.74 Å². The maximum absolute atomic E-state index is 12.6. The van der Waals surface area contributed by atoms with Gasteiger partial charge in [-0.3, -0.25) is 18.9 Å². The summed E-state index contributed by atoms with van der Waals surface area (Å²) in [7, 11) is 1.57. The number of aryl methyl sites for hydroxylation is 2. The van der Waals surface area contributed by atoms with Crippen molar-refractivity contribution in [2.45, 2.75) is 20.4 Å². The minimum Gasteiger partial charge on any atom is -0.494 e. The Hall–Kier alpha value is -4.14. The Kier molecular flexibility index (Phi) is 5.89. The van der Waals surface area contributed by atoms with Crippen molar-refractivity contribution in [3.63, 3.8) is 0 Å². The zero-order chi connectivity index (χ0) is 22.7. The zero-order valence-electron chi connectivity index (χ0n) is 18.1. The van der Waals surface area contributed by atoms with Crippen LogP contribution < -0.4 is 21.4 Å². The van der Waals surface area contributed by atoms with Gasteiger partial charge >= 0.3 is 5.69 Å². The second kappa shape index (κ2) is 8.93. The largest absolute Gasteiger partial charge is 0.494 e. The molecular weight excluding hydrogens is 408 g/mol. The molecule has 0 radical (unpaired) electrons. The normalized spacial score (nSPS) is 11.3. The second-order valence-corrected chi connectivity index (χ2v) is 7.37. The van der Waals surface area contributed by atoms with E-state index in [1.165, 1.54) is 4.57 Å². The SMILES string of the molecule is CCOc1ccc(/C=N\Nc2nc3c(c(=O)[nH]c(=O)n3C)n2Cc2cccc(C)c2)cc1. The first-order valence-corrected chi connectivity index (χ1v) is 10.2. The van der Waals surface area contributed by atoms with Crippen LogP contribution in [-0.2, 0) is 13.6 Å². The standard InChI is InChI=1S/C23H24N6O3/c1-4-32-18-10-8-16(9-11-18)13-24-27-22-25-20-19(21(30)26-23(31)28(20)3)29(22)14-17-7-5-6-15(2)12-17/h5-13H,4,14H2,1-3H3,(H,25,27)(H,26,30,31)/b24-13-. The van der Waals surface area contributed by atoms with Crippen LogP contribution in [-0.4, -0.2) is 31.9 Å². The number of aromatic amines is 1. The van der Waals surface area contributed by atoms with Crippen molar-refractivity contribution in [2.24, 2.45) is 12.1 Å². The lowest BCUT2D eigenvalue weighted by Gasteiger charge is -2.09. The quantitative estimate of drug-likeness (QED) is 0.345. The van der Waals surface area contributed by atoms with Gasteiger partial charge in [0.2, 0.25) is 5.95 Å². The zero-order valence-corrected chi connectivity index (χ0v) is 18.1. The van der Waals surface area contributed by atoms with Crippen molar-refractivity contribution in [2.75, 3.05) is 12.0 Å². The highest BCUT2D eigenvalue weighted by molar-refractivity contribution is 5.80. The molecule has 0 aliphatic heterocycles. The predicted molar refractivity (Wildman–Crippen MR) is 125 cm³/mol. The van der Waals surface area contributed by atoms with E-state index in [4.69, 9.17) is 4.74 Å². The summed E-state index contributed by atoms with van der Waals surface area (Å²) < 4.78 is 8.48. The fraction of sp³-hybridized carbons (Fsp3) is 0.217. The summed E-state index contributed by atoms with van der Waals surface area (Å²) in [5.74, 6) is 1.15. The molecule has 0 saturated carbocycles. The number of aromatic nitrogens is 4. The summed E-state index contributed by atoms with van der Waals surface area (Å²) in [5.41, 5.74) is 5.46. The van der Waals surface area contributed by atoms with E-state index in [1.807, 2.05) is 62.4 Å². The van der Waals surface area contributed by atoms with E-state index in [0.717, 1.165) is 22.4 Å². The van der Waals surface area contributed by atoms with E-state index in [2.05, 4.69) is 20.5 Å². The predicted octanol–water partition coefficient (Wildman–Crippen LogP) is 2.62. The average Bonchev–Trinajstić information content (AvgIpc) is 3.12. The molecule has 2 aromatic heterocycles. The summed E-state index contributed by atoms with van der Waals surface area (Å²) in [4.78, 5) is 31.5. The van der Waals surface area contributed by atoms with E-state index in [9.17, 15) is 9.59 Å². The van der Waals surface area contributed by atoms with Gasteiger partial charge in [0.1, 0.15) is 5.75 Å². The molecule has 0 spiro atoms. The summed E-state index contributed by atoms with van der Waals surface area (Å²) in [5, 5.41) is 4.29. The minimum atomic E-state index is -0.521. The highest BCUT2D eigenvalue weighted by Crippen LogP contribution is 2.18. The van der Waals surface area contributed by atoms with Crippen LogP contribution in [0.15, 0.2) is 63.2 Å². The maximum Gasteiger partial charge on any atom is 0.329 e. The van der Waals surface area contributed by atoms with Gasteiger partial charge in [-0.1, -0.05) is 29.8 Å². The molecule has 0 unspecified atom stereocenters. The summed E-state index contributed by atoms with van der Waals surface area (Å²) in [6.07, 6.45) is 1.65. The first-order valence-electron chi connectivity index (χ1n) is 10.2. The Morgan fingerprint density at radius 1 is 1.19 bits per heavy atom. The number of nitrogens with one attached hydrogen (secondary N) is 2. The molecule has 0 saturated heterocycles. The smallest absolute Gasteiger partial charge is 0.329 e. The first-order chi connectivity index (χ1) is 15.5. The molecule has 0 amide bonds. The molecule has 0 atom stereocenters. The van der Waals surface area contributed by atoms with Crippen LogP contribution in [0.3, 0.4) is 0 Å². The average molecular weight is 432 g/mol. The van der Waals surface area contributed by atoms with Gasteiger partial charge in [-0.2, -0.15) is 10.1 Å². The summed E-state index contributed by atoms with van der Waals surface area (Å²) in [6.45, 7) is 4.93. The highest BCUT2D eigenvalue weighted by Gasteiger charge is 2.17. The Labute approximate surface area is 184 Å². The molecular formula is C23H24N6O3. The molecule has 164 valence electrons. The second-order valence-electron chi connectivity index (χ2n) is 7.37. The van der Waals surface area contributed by atoms with Crippen LogP contribution in [0.2, 0.25) is 0 Å². The number of ether oxygens (including phenoxy) is 1. The van der Waals surface area contributed by atoms with Gasteiger partial charge in [-0.05, 0) is 49.2 Å². The van der Waals surface area contributed by atoms with Crippen LogP contribution in [0, 0.1) is 6.92 Å². The molecule has 4 aromatic rings. The summed E-state index contributed by atoms with van der Waals surface area (Å²) >= 11 is 0. The minimum absolute atomic E-state index is 0.283. The highest BCUT2D eigenvalue weighted by atomic mass is 16.5. The van der Waals surface area contributed by atoms with Crippen molar-refractivity contribution in [3.8, 4) is 5.75 Å². The van der Waals surface area contributed by atoms with Crippen LogP contribution in [0.5, 0.6) is 5.75 Å². The fourth-order valence-corrected chi connectivity index (χ4v) is 3.45. The van der Waals surface area contributed by atoms with Crippen LogP contribution in [0.4, 0.5) is 5.95 Å². The molecule has 0 aliphatic carbocycles. The van der Waals surface area contributed by atoms with E-state index in [-0.39, 0.29) is 5.65 Å². The molecule has 9 heteroatoms. The van der Waals surface area contributed by atoms with Crippen LogP contribution in [0.1, 0.15) is 23.6 Å². The van der Waals surface area contributed by atoms with Crippen molar-refractivity contribution in [1.82, 2.24) is 19.1 Å². The van der Waals surface area contributed by atoms with E-state index < -0.39 is 11.2 Å². The van der Waals surface area contributed by atoms with Gasteiger partial charge < -0.3 is 4.74 Å². The van der Waals surface area contributed by atoms with Crippen molar-refractivity contribution in [1.29, 1.82) is 0 Å². The number of hydrogen-bond donors (Lipinski definition) is 2. The third kappa shape index (κ3) is 4.31. The molecule has 4 rings (SSSR count).